The molecule has 110 valence electrons. The summed E-state index contributed by atoms with van der Waals surface area (Å²) in [5.74, 6) is 0. The topological polar surface area (TPSA) is 48.0 Å². The molecule has 0 radical (unpaired) electrons. The van der Waals surface area contributed by atoms with Crippen molar-refractivity contribution in [3.63, 3.8) is 0 Å². The zero-order chi connectivity index (χ0) is 15.4. The van der Waals surface area contributed by atoms with Crippen molar-refractivity contribution in [3.05, 3.63) is 35.4 Å². The van der Waals surface area contributed by atoms with Crippen molar-refractivity contribution in [2.75, 3.05) is 0 Å². The van der Waals surface area contributed by atoms with E-state index in [-0.39, 0.29) is 5.65 Å². The molecule has 0 fully saturated rings. The molecule has 0 spiro atoms. The Morgan fingerprint density at radius 1 is 1.14 bits per heavy atom. The van der Waals surface area contributed by atoms with Gasteiger partial charge in [0.1, 0.15) is 5.69 Å². The van der Waals surface area contributed by atoms with Crippen LogP contribution in [0.25, 0.3) is 16.9 Å². The lowest BCUT2D eigenvalue weighted by atomic mass is 10.2. The Balaban J connectivity index is 2.21. The van der Waals surface area contributed by atoms with Crippen LogP contribution in [0.15, 0.2) is 18.3 Å². The van der Waals surface area contributed by atoms with Crippen molar-refractivity contribution in [2.45, 2.75) is 20.0 Å². The minimum absolute atomic E-state index is 0.167. The molecule has 0 unspecified atom stereocenters. The largest absolute Gasteiger partial charge is 0.433 e. The lowest BCUT2D eigenvalue weighted by Crippen LogP contribution is -2.10. The van der Waals surface area contributed by atoms with Gasteiger partial charge in [-0.3, -0.25) is 4.68 Å². The molecule has 0 amide bonds. The van der Waals surface area contributed by atoms with Gasteiger partial charge in [0.25, 0.3) is 0 Å². The lowest BCUT2D eigenvalue weighted by Gasteiger charge is -2.07. The molecule has 0 aliphatic carbocycles. The molecule has 21 heavy (non-hydrogen) atoms. The summed E-state index contributed by atoms with van der Waals surface area (Å²) in [4.78, 5) is 3.64. The number of nitrogens with zero attached hydrogens (tertiary/aromatic N) is 5. The van der Waals surface area contributed by atoms with E-state index in [1.807, 2.05) is 6.92 Å². The Kier molecular flexibility index (Phi) is 2.79. The maximum absolute atomic E-state index is 12.8. The third-order valence-electron chi connectivity index (χ3n) is 3.41. The van der Waals surface area contributed by atoms with E-state index in [9.17, 15) is 13.2 Å². The predicted molar refractivity (Wildman–Crippen MR) is 69.7 cm³/mol. The maximum atomic E-state index is 12.8. The molecular weight excluding hydrogens is 283 g/mol. The number of fused-ring (bicyclic) bond motifs is 1. The van der Waals surface area contributed by atoms with E-state index in [4.69, 9.17) is 0 Å². The van der Waals surface area contributed by atoms with Crippen LogP contribution < -0.4 is 0 Å². The summed E-state index contributed by atoms with van der Waals surface area (Å²) in [6.45, 7) is 3.44. The Morgan fingerprint density at radius 3 is 2.43 bits per heavy atom. The fraction of sp³-hybridized carbons (Fsp3) is 0.308. The summed E-state index contributed by atoms with van der Waals surface area (Å²) in [5, 5.41) is 8.42. The Morgan fingerprint density at radius 2 is 1.86 bits per heavy atom. The third kappa shape index (κ3) is 2.16. The van der Waals surface area contributed by atoms with Gasteiger partial charge in [-0.1, -0.05) is 0 Å². The molecule has 0 N–H and O–H groups in total. The van der Waals surface area contributed by atoms with Crippen molar-refractivity contribution in [1.29, 1.82) is 0 Å². The van der Waals surface area contributed by atoms with Crippen LogP contribution in [-0.2, 0) is 13.2 Å². The van der Waals surface area contributed by atoms with E-state index in [1.165, 1.54) is 10.6 Å². The van der Waals surface area contributed by atoms with Crippen molar-refractivity contribution >= 4 is 5.65 Å². The first-order valence-corrected chi connectivity index (χ1v) is 6.21. The van der Waals surface area contributed by atoms with Gasteiger partial charge in [-0.05, 0) is 19.9 Å². The normalized spacial score (nSPS) is 12.3. The summed E-state index contributed by atoms with van der Waals surface area (Å²) in [6.07, 6.45) is -2.84. The van der Waals surface area contributed by atoms with Gasteiger partial charge in [-0.2, -0.15) is 23.4 Å². The summed E-state index contributed by atoms with van der Waals surface area (Å²) < 4.78 is 41.4. The van der Waals surface area contributed by atoms with E-state index >= 15 is 0 Å². The predicted octanol–water partition coefficient (Wildman–Crippen LogP) is 2.77. The Hall–Kier alpha value is -2.38. The second-order valence-electron chi connectivity index (χ2n) is 4.85. The zero-order valence-electron chi connectivity index (χ0n) is 11.6. The van der Waals surface area contributed by atoms with Gasteiger partial charge in [0.15, 0.2) is 5.65 Å². The highest BCUT2D eigenvalue weighted by Crippen LogP contribution is 2.29. The SMILES string of the molecule is Cc1c(-c2cc3nc(C(F)(F)F)cc(C)n3n2)cnn1C. The lowest BCUT2D eigenvalue weighted by molar-refractivity contribution is -0.141. The van der Waals surface area contributed by atoms with Crippen molar-refractivity contribution in [1.82, 2.24) is 24.4 Å². The number of aryl methyl sites for hydroxylation is 2. The minimum Gasteiger partial charge on any atom is -0.272 e. The highest BCUT2D eigenvalue weighted by molar-refractivity contribution is 5.65. The van der Waals surface area contributed by atoms with Crippen LogP contribution in [0.4, 0.5) is 13.2 Å². The first-order chi connectivity index (χ1) is 9.77. The van der Waals surface area contributed by atoms with E-state index in [0.717, 1.165) is 17.3 Å². The average molecular weight is 295 g/mol. The van der Waals surface area contributed by atoms with Gasteiger partial charge in [0.05, 0.1) is 11.9 Å². The van der Waals surface area contributed by atoms with Crippen molar-refractivity contribution < 1.29 is 13.2 Å². The van der Waals surface area contributed by atoms with E-state index in [2.05, 4.69) is 15.2 Å². The monoisotopic (exact) mass is 295 g/mol. The second-order valence-corrected chi connectivity index (χ2v) is 4.85. The first kappa shape index (κ1) is 13.6. The molecule has 3 heterocycles. The third-order valence-corrected chi connectivity index (χ3v) is 3.41. The van der Waals surface area contributed by atoms with Gasteiger partial charge in [0, 0.05) is 30.1 Å². The summed E-state index contributed by atoms with van der Waals surface area (Å²) in [7, 11) is 1.79. The number of rotatable bonds is 1. The van der Waals surface area contributed by atoms with E-state index in [1.54, 1.807) is 24.9 Å². The minimum atomic E-state index is -4.47. The highest BCUT2D eigenvalue weighted by Gasteiger charge is 2.33. The molecule has 8 heteroatoms. The standard InChI is InChI=1S/C13H12F3N5/c1-7-4-11(13(14,15)16)18-12-5-10(19-21(7)12)9-6-17-20(3)8(9)2/h4-6H,1-3H3. The van der Waals surface area contributed by atoms with Gasteiger partial charge < -0.3 is 0 Å². The molecule has 0 saturated heterocycles. The Labute approximate surface area is 118 Å². The number of hydrogen-bond acceptors (Lipinski definition) is 3. The molecule has 0 aliphatic rings. The van der Waals surface area contributed by atoms with Crippen LogP contribution in [0.2, 0.25) is 0 Å². The van der Waals surface area contributed by atoms with Crippen LogP contribution in [0.3, 0.4) is 0 Å². The molecular formula is C13H12F3N5. The van der Waals surface area contributed by atoms with E-state index < -0.39 is 11.9 Å². The fourth-order valence-corrected chi connectivity index (χ4v) is 2.15. The van der Waals surface area contributed by atoms with Gasteiger partial charge >= 0.3 is 6.18 Å². The van der Waals surface area contributed by atoms with E-state index in [0.29, 0.717) is 11.4 Å². The van der Waals surface area contributed by atoms with Crippen molar-refractivity contribution in [3.8, 4) is 11.3 Å². The number of halogens is 3. The smallest absolute Gasteiger partial charge is 0.272 e. The average Bonchev–Trinajstić information content (AvgIpc) is 2.94. The molecule has 0 bridgehead atoms. The molecule has 5 nitrogen and oxygen atoms in total. The van der Waals surface area contributed by atoms with Crippen LogP contribution in [0, 0.1) is 13.8 Å². The summed E-state index contributed by atoms with van der Waals surface area (Å²) in [5.41, 5.74) is 1.83. The van der Waals surface area contributed by atoms with Gasteiger partial charge in [-0.25, -0.2) is 9.50 Å². The quantitative estimate of drug-likeness (QED) is 0.693. The van der Waals surface area contributed by atoms with Crippen LogP contribution in [0.5, 0.6) is 0 Å². The van der Waals surface area contributed by atoms with Crippen molar-refractivity contribution in [2.24, 2.45) is 7.05 Å². The summed E-state index contributed by atoms with van der Waals surface area (Å²) in [6, 6.07) is 2.52. The number of alkyl halides is 3. The summed E-state index contributed by atoms with van der Waals surface area (Å²) >= 11 is 0. The fourth-order valence-electron chi connectivity index (χ4n) is 2.15. The number of aromatic nitrogens is 5. The van der Waals surface area contributed by atoms with Crippen LogP contribution in [-0.4, -0.2) is 24.4 Å². The van der Waals surface area contributed by atoms with Crippen LogP contribution in [0.1, 0.15) is 17.1 Å². The van der Waals surface area contributed by atoms with Gasteiger partial charge in [-0.15, -0.1) is 0 Å². The molecule has 0 aliphatic heterocycles. The molecule has 3 aromatic heterocycles. The molecule has 0 aromatic carbocycles. The highest BCUT2D eigenvalue weighted by atomic mass is 19.4. The first-order valence-electron chi connectivity index (χ1n) is 6.21. The molecule has 0 atom stereocenters. The maximum Gasteiger partial charge on any atom is 0.433 e. The number of hydrogen-bond donors (Lipinski definition) is 0. The zero-order valence-corrected chi connectivity index (χ0v) is 11.6. The van der Waals surface area contributed by atoms with Crippen LogP contribution >= 0.6 is 0 Å². The molecule has 3 rings (SSSR count). The molecule has 3 aromatic rings. The van der Waals surface area contributed by atoms with Gasteiger partial charge in [0.2, 0.25) is 0 Å². The Bertz CT molecular complexity index is 828. The second kappa shape index (κ2) is 4.31. The molecule has 0 saturated carbocycles.